The average Bonchev–Trinajstić information content (AvgIpc) is 3.34. The average molecular weight is 523 g/mol. The van der Waals surface area contributed by atoms with Crippen molar-refractivity contribution < 1.29 is 17.9 Å². The van der Waals surface area contributed by atoms with E-state index < -0.39 is 28.7 Å². The lowest BCUT2D eigenvalue weighted by atomic mass is 9.87. The van der Waals surface area contributed by atoms with Gasteiger partial charge in [-0.2, -0.15) is 5.10 Å². The largest absolute Gasteiger partial charge is 0.771 e. The van der Waals surface area contributed by atoms with Gasteiger partial charge < -0.3 is 9.87 Å². The number of amides is 1. The first kappa shape index (κ1) is 25.5. The van der Waals surface area contributed by atoms with Crippen molar-refractivity contribution in [3.8, 4) is 0 Å². The van der Waals surface area contributed by atoms with Crippen molar-refractivity contribution in [1.82, 2.24) is 15.5 Å². The van der Waals surface area contributed by atoms with Gasteiger partial charge in [0.15, 0.2) is 0 Å². The molecule has 0 aliphatic heterocycles. The number of halogens is 2. The van der Waals surface area contributed by atoms with Crippen LogP contribution in [0.3, 0.4) is 0 Å². The van der Waals surface area contributed by atoms with E-state index in [1.54, 1.807) is 18.3 Å². The van der Waals surface area contributed by atoms with Crippen LogP contribution >= 0.6 is 11.6 Å². The van der Waals surface area contributed by atoms with Gasteiger partial charge in [-0.05, 0) is 81.2 Å². The smallest absolute Gasteiger partial charge is 0.244 e. The Hall–Kier alpha value is -3.59. The highest BCUT2D eigenvalue weighted by Crippen LogP contribution is 2.38. The number of allylic oxidation sites excluding steroid dienone is 1. The van der Waals surface area contributed by atoms with Gasteiger partial charge in [-0.1, -0.05) is 54.9 Å². The number of hydrogen-bond donors (Lipinski definition) is 2. The predicted molar refractivity (Wildman–Crippen MR) is 141 cm³/mol. The van der Waals surface area contributed by atoms with Crippen molar-refractivity contribution in [2.75, 3.05) is 5.88 Å². The van der Waals surface area contributed by atoms with Crippen LogP contribution < -0.4 is 5.32 Å². The molecule has 1 aromatic heterocycles. The van der Waals surface area contributed by atoms with Gasteiger partial charge in [0.25, 0.3) is 0 Å². The first-order chi connectivity index (χ1) is 17.4. The molecule has 0 aliphatic carbocycles. The van der Waals surface area contributed by atoms with Crippen LogP contribution in [-0.4, -0.2) is 30.7 Å². The van der Waals surface area contributed by atoms with Crippen LogP contribution in [0.15, 0.2) is 72.9 Å². The summed E-state index contributed by atoms with van der Waals surface area (Å²) < 4.78 is 35.0. The summed E-state index contributed by atoms with van der Waals surface area (Å²) in [5.74, 6) is -1.35. The Bertz CT molecular complexity index is 1500. The second-order valence-electron chi connectivity index (χ2n) is 7.95. The van der Waals surface area contributed by atoms with E-state index in [0.717, 1.165) is 44.3 Å². The maximum Gasteiger partial charge on any atom is 0.244 e. The molecule has 36 heavy (non-hydrogen) atoms. The van der Waals surface area contributed by atoms with Gasteiger partial charge >= 0.3 is 0 Å². The molecule has 2 N–H and O–H groups in total. The lowest BCUT2D eigenvalue weighted by molar-refractivity contribution is -0.116. The van der Waals surface area contributed by atoms with Crippen molar-refractivity contribution in [2.45, 2.75) is 13.3 Å². The van der Waals surface area contributed by atoms with Crippen molar-refractivity contribution >= 4 is 56.7 Å². The summed E-state index contributed by atoms with van der Waals surface area (Å²) in [6, 6.07) is 18.0. The van der Waals surface area contributed by atoms with E-state index in [1.807, 2.05) is 49.4 Å². The van der Waals surface area contributed by atoms with Gasteiger partial charge in [-0.3, -0.25) is 14.1 Å². The van der Waals surface area contributed by atoms with E-state index in [9.17, 15) is 17.9 Å². The summed E-state index contributed by atoms with van der Waals surface area (Å²) in [7, 11) is 0. The quantitative estimate of drug-likeness (QED) is 0.176. The fraction of sp³-hybridized carbons (Fsp3) is 0.111. The molecule has 0 radical (unpaired) electrons. The van der Waals surface area contributed by atoms with E-state index in [-0.39, 0.29) is 0 Å². The number of nitrogens with one attached hydrogen (secondary N) is 2. The lowest BCUT2D eigenvalue weighted by Gasteiger charge is -2.18. The maximum atomic E-state index is 13.8. The molecule has 1 atom stereocenters. The Balaban J connectivity index is 1.78. The van der Waals surface area contributed by atoms with Crippen LogP contribution in [0, 0.1) is 5.82 Å². The van der Waals surface area contributed by atoms with Crippen LogP contribution in [0.1, 0.15) is 35.6 Å². The van der Waals surface area contributed by atoms with E-state index in [2.05, 4.69) is 15.5 Å². The highest BCUT2D eigenvalue weighted by atomic mass is 35.5. The molecule has 3 aromatic carbocycles. The summed E-state index contributed by atoms with van der Waals surface area (Å²) in [5, 5.41) is 10.6. The molecule has 6 nitrogen and oxygen atoms in total. The molecule has 9 heteroatoms. The standard InChI is InChI=1S/C27H23ClFN3O3S/c1-2-22(23-10-9-21(29)14-24(23)28)27(19-8-11-25-20(13-19)15-31-32-25)18-6-3-17(4-7-18)5-12-26(33)30-16-36(34)35/h3-15H,2,16H2,1H3,(H,30,33)(H,31,32)(H,34,35)/p-1/b12-5+,27-22+. The minimum Gasteiger partial charge on any atom is -0.771 e. The number of aromatic nitrogens is 2. The highest BCUT2D eigenvalue weighted by Gasteiger charge is 2.16. The van der Waals surface area contributed by atoms with Gasteiger partial charge in [0.2, 0.25) is 5.91 Å². The molecule has 0 bridgehead atoms. The zero-order valence-corrected chi connectivity index (χ0v) is 20.8. The molecule has 1 heterocycles. The molecule has 0 saturated carbocycles. The molecule has 0 saturated heterocycles. The van der Waals surface area contributed by atoms with Gasteiger partial charge in [0, 0.05) is 11.5 Å². The topological polar surface area (TPSA) is 97.9 Å². The van der Waals surface area contributed by atoms with Crippen molar-refractivity contribution in [3.05, 3.63) is 106 Å². The molecule has 4 rings (SSSR count). The summed E-state index contributed by atoms with van der Waals surface area (Å²) in [5.41, 5.74) is 6.19. The Morgan fingerprint density at radius 2 is 1.89 bits per heavy atom. The van der Waals surface area contributed by atoms with Crippen LogP contribution in [0.5, 0.6) is 0 Å². The van der Waals surface area contributed by atoms with Crippen LogP contribution in [0.25, 0.3) is 28.1 Å². The Morgan fingerprint density at radius 3 is 2.58 bits per heavy atom. The molecular weight excluding hydrogens is 501 g/mol. The molecule has 1 amide bonds. The molecule has 4 aromatic rings. The van der Waals surface area contributed by atoms with Crippen molar-refractivity contribution in [2.24, 2.45) is 0 Å². The number of nitrogens with zero attached hydrogens (tertiary/aromatic N) is 1. The number of carbonyl (C=O) groups is 1. The van der Waals surface area contributed by atoms with Crippen LogP contribution in [-0.2, 0) is 15.9 Å². The van der Waals surface area contributed by atoms with Gasteiger partial charge in [-0.25, -0.2) is 4.39 Å². The number of aromatic amines is 1. The summed E-state index contributed by atoms with van der Waals surface area (Å²) in [6.45, 7) is 2.02. The zero-order valence-electron chi connectivity index (χ0n) is 19.3. The fourth-order valence-electron chi connectivity index (χ4n) is 3.97. The van der Waals surface area contributed by atoms with Gasteiger partial charge in [0.1, 0.15) is 5.82 Å². The molecule has 184 valence electrons. The Morgan fingerprint density at radius 1 is 1.14 bits per heavy atom. The van der Waals surface area contributed by atoms with Crippen molar-refractivity contribution in [3.63, 3.8) is 0 Å². The van der Waals surface area contributed by atoms with E-state index >= 15 is 0 Å². The second-order valence-corrected chi connectivity index (χ2v) is 9.25. The summed E-state index contributed by atoms with van der Waals surface area (Å²) >= 11 is 4.12. The third-order valence-electron chi connectivity index (χ3n) is 5.63. The number of hydrogen-bond acceptors (Lipinski definition) is 4. The molecule has 1 unspecified atom stereocenters. The third-order valence-corrected chi connectivity index (χ3v) is 6.32. The Kier molecular flexibility index (Phi) is 8.10. The lowest BCUT2D eigenvalue weighted by Crippen LogP contribution is -2.24. The number of H-pyrrole nitrogens is 1. The predicted octanol–water partition coefficient (Wildman–Crippen LogP) is 5.69. The highest BCUT2D eigenvalue weighted by molar-refractivity contribution is 7.79. The zero-order chi connectivity index (χ0) is 25.7. The van der Waals surface area contributed by atoms with Crippen molar-refractivity contribution in [1.29, 1.82) is 0 Å². The minimum atomic E-state index is -2.35. The summed E-state index contributed by atoms with van der Waals surface area (Å²) in [4.78, 5) is 11.8. The monoisotopic (exact) mass is 522 g/mol. The Labute approximate surface area is 215 Å². The first-order valence-electron chi connectivity index (χ1n) is 11.1. The minimum absolute atomic E-state index is 0.332. The van der Waals surface area contributed by atoms with Gasteiger partial charge in [0.05, 0.1) is 22.6 Å². The molecule has 0 aliphatic rings. The van der Waals surface area contributed by atoms with Crippen LogP contribution in [0.2, 0.25) is 5.02 Å². The number of carbonyl (C=O) groups excluding carboxylic acids is 1. The first-order valence-corrected chi connectivity index (χ1v) is 12.7. The SMILES string of the molecule is CC/C(=C(/c1ccc(/C=C/C(=O)NCS(=O)[O-])cc1)c1ccc2[nH]ncc2c1)c1ccc(F)cc1Cl. The van der Waals surface area contributed by atoms with E-state index in [1.165, 1.54) is 18.2 Å². The summed E-state index contributed by atoms with van der Waals surface area (Å²) in [6.07, 6.45) is 5.29. The van der Waals surface area contributed by atoms with E-state index in [4.69, 9.17) is 11.6 Å². The molecular formula is C27H22ClFN3O3S-. The normalized spacial score (nSPS) is 13.1. The fourth-order valence-corrected chi connectivity index (χ4v) is 4.51. The van der Waals surface area contributed by atoms with Crippen LogP contribution in [0.4, 0.5) is 4.39 Å². The third kappa shape index (κ3) is 5.96. The number of benzene rings is 3. The number of rotatable bonds is 8. The number of fused-ring (bicyclic) bond motifs is 1. The maximum absolute atomic E-state index is 13.8. The van der Waals surface area contributed by atoms with E-state index in [0.29, 0.717) is 11.4 Å². The second kappa shape index (κ2) is 11.4. The molecule has 0 fully saturated rings. The van der Waals surface area contributed by atoms with Gasteiger partial charge in [-0.15, -0.1) is 0 Å². The molecule has 0 spiro atoms.